The third-order valence-electron chi connectivity index (χ3n) is 3.15. The van der Waals surface area contributed by atoms with E-state index in [1.54, 1.807) is 11.3 Å². The van der Waals surface area contributed by atoms with E-state index in [0.717, 1.165) is 17.8 Å². The van der Waals surface area contributed by atoms with Crippen LogP contribution < -0.4 is 5.32 Å². The molecule has 1 N–H and O–H groups in total. The van der Waals surface area contributed by atoms with E-state index in [2.05, 4.69) is 45.8 Å². The fraction of sp³-hybridized carbons (Fsp3) is 0.200. The normalized spacial score (nSPS) is 12.7. The van der Waals surface area contributed by atoms with Crippen molar-refractivity contribution in [3.63, 3.8) is 0 Å². The van der Waals surface area contributed by atoms with E-state index in [1.807, 2.05) is 23.8 Å². The summed E-state index contributed by atoms with van der Waals surface area (Å²) in [7, 11) is 0. The summed E-state index contributed by atoms with van der Waals surface area (Å²) in [6.45, 7) is 3.02. The topological polar surface area (TPSA) is 37.8 Å². The monoisotopic (exact) mass is 269 g/mol. The molecular weight excluding hydrogens is 254 g/mol. The van der Waals surface area contributed by atoms with Gasteiger partial charge in [0.1, 0.15) is 0 Å². The van der Waals surface area contributed by atoms with Crippen LogP contribution in [0.25, 0.3) is 10.9 Å². The minimum Gasteiger partial charge on any atom is -0.305 e. The first-order valence-corrected chi connectivity index (χ1v) is 7.29. The molecule has 4 heteroatoms. The van der Waals surface area contributed by atoms with E-state index in [1.165, 1.54) is 10.9 Å². The van der Waals surface area contributed by atoms with E-state index in [0.29, 0.717) is 0 Å². The minimum atomic E-state index is 0.129. The van der Waals surface area contributed by atoms with Gasteiger partial charge in [0, 0.05) is 17.0 Å². The van der Waals surface area contributed by atoms with Gasteiger partial charge in [-0.2, -0.15) is 0 Å². The Bertz CT molecular complexity index is 659. The molecule has 3 aromatic rings. The number of nitrogens with one attached hydrogen (secondary N) is 1. The molecule has 96 valence electrons. The molecular formula is C15H15N3S. The Labute approximate surface area is 116 Å². The number of rotatable bonds is 4. The number of nitrogens with zero attached hydrogens (tertiary/aromatic N) is 2. The van der Waals surface area contributed by atoms with Gasteiger partial charge in [-0.1, -0.05) is 25.1 Å². The van der Waals surface area contributed by atoms with Gasteiger partial charge in [0.05, 0.1) is 22.8 Å². The fourth-order valence-corrected chi connectivity index (χ4v) is 2.90. The predicted molar refractivity (Wildman–Crippen MR) is 79.4 cm³/mol. The lowest BCUT2D eigenvalue weighted by molar-refractivity contribution is 0.622. The Hall–Kier alpha value is -1.78. The molecule has 0 aliphatic carbocycles. The van der Waals surface area contributed by atoms with Crippen molar-refractivity contribution < 1.29 is 0 Å². The van der Waals surface area contributed by atoms with Crippen molar-refractivity contribution in [1.82, 2.24) is 15.3 Å². The number of aromatic nitrogens is 2. The van der Waals surface area contributed by atoms with Crippen molar-refractivity contribution in [3.8, 4) is 0 Å². The lowest BCUT2D eigenvalue weighted by Crippen LogP contribution is -2.22. The zero-order chi connectivity index (χ0) is 13.1. The molecule has 0 fully saturated rings. The van der Waals surface area contributed by atoms with Gasteiger partial charge in [0.25, 0.3) is 0 Å². The van der Waals surface area contributed by atoms with Crippen molar-refractivity contribution in [3.05, 3.63) is 58.7 Å². The molecule has 1 unspecified atom stereocenters. The predicted octanol–water partition coefficient (Wildman–Crippen LogP) is 3.39. The zero-order valence-corrected chi connectivity index (χ0v) is 11.5. The second kappa shape index (κ2) is 5.47. The molecule has 0 aliphatic rings. The largest absolute Gasteiger partial charge is 0.305 e. The Kier molecular flexibility index (Phi) is 3.53. The van der Waals surface area contributed by atoms with Gasteiger partial charge in [0.15, 0.2) is 0 Å². The maximum absolute atomic E-state index is 4.45. The summed E-state index contributed by atoms with van der Waals surface area (Å²) in [4.78, 5) is 8.87. The van der Waals surface area contributed by atoms with Gasteiger partial charge in [-0.05, 0) is 24.2 Å². The van der Waals surface area contributed by atoms with Crippen LogP contribution in [-0.2, 0) is 0 Å². The highest BCUT2D eigenvalue weighted by atomic mass is 32.1. The highest BCUT2D eigenvalue weighted by Crippen LogP contribution is 2.27. The smallest absolute Gasteiger partial charge is 0.0795 e. The summed E-state index contributed by atoms with van der Waals surface area (Å²) in [5.74, 6) is 0. The minimum absolute atomic E-state index is 0.129. The standard InChI is InChI=1S/C15H15N3S/c1-2-16-15(14-9-19-10-18-14)12-5-3-7-13-11(12)6-4-8-17-13/h3-10,15-16H,2H2,1H3. The molecule has 0 saturated carbocycles. The summed E-state index contributed by atoms with van der Waals surface area (Å²) in [5, 5.41) is 6.79. The van der Waals surface area contributed by atoms with Crippen LogP contribution >= 0.6 is 11.3 Å². The Balaban J connectivity index is 2.15. The van der Waals surface area contributed by atoms with E-state index in [4.69, 9.17) is 0 Å². The molecule has 1 aromatic carbocycles. The number of pyridine rings is 1. The van der Waals surface area contributed by atoms with E-state index in [9.17, 15) is 0 Å². The van der Waals surface area contributed by atoms with Crippen LogP contribution in [0, 0.1) is 0 Å². The van der Waals surface area contributed by atoms with Crippen LogP contribution in [0.4, 0.5) is 0 Å². The van der Waals surface area contributed by atoms with Crippen LogP contribution in [0.15, 0.2) is 47.4 Å². The van der Waals surface area contributed by atoms with Gasteiger partial charge in [0.2, 0.25) is 0 Å². The van der Waals surface area contributed by atoms with Crippen LogP contribution in [0.1, 0.15) is 24.2 Å². The van der Waals surface area contributed by atoms with Crippen molar-refractivity contribution in [2.45, 2.75) is 13.0 Å². The molecule has 3 rings (SSSR count). The van der Waals surface area contributed by atoms with Gasteiger partial charge in [-0.3, -0.25) is 4.98 Å². The van der Waals surface area contributed by atoms with Gasteiger partial charge in [-0.15, -0.1) is 11.3 Å². The number of fused-ring (bicyclic) bond motifs is 1. The molecule has 0 radical (unpaired) electrons. The van der Waals surface area contributed by atoms with Crippen molar-refractivity contribution in [2.24, 2.45) is 0 Å². The summed E-state index contributed by atoms with van der Waals surface area (Å²) in [5.41, 5.74) is 5.21. The Morgan fingerprint density at radius 3 is 2.95 bits per heavy atom. The molecule has 1 atom stereocenters. The van der Waals surface area contributed by atoms with Crippen molar-refractivity contribution in [2.75, 3.05) is 6.54 Å². The van der Waals surface area contributed by atoms with Crippen LogP contribution in [0.2, 0.25) is 0 Å². The maximum atomic E-state index is 4.45. The van der Waals surface area contributed by atoms with Crippen molar-refractivity contribution >= 4 is 22.2 Å². The first-order valence-electron chi connectivity index (χ1n) is 6.35. The average molecular weight is 269 g/mol. The van der Waals surface area contributed by atoms with Gasteiger partial charge >= 0.3 is 0 Å². The number of hydrogen-bond donors (Lipinski definition) is 1. The third kappa shape index (κ3) is 2.37. The number of hydrogen-bond acceptors (Lipinski definition) is 4. The molecule has 2 aromatic heterocycles. The lowest BCUT2D eigenvalue weighted by atomic mass is 9.99. The van der Waals surface area contributed by atoms with E-state index in [-0.39, 0.29) is 6.04 Å². The summed E-state index contributed by atoms with van der Waals surface area (Å²) >= 11 is 1.63. The SMILES string of the molecule is CCNC(c1cscn1)c1cccc2ncccc12. The summed E-state index contributed by atoms with van der Waals surface area (Å²) < 4.78 is 0. The third-order valence-corrected chi connectivity index (χ3v) is 3.75. The lowest BCUT2D eigenvalue weighted by Gasteiger charge is -2.18. The first-order chi connectivity index (χ1) is 9.40. The molecule has 0 amide bonds. The molecule has 0 spiro atoms. The fourth-order valence-electron chi connectivity index (χ4n) is 2.32. The Morgan fingerprint density at radius 2 is 2.16 bits per heavy atom. The molecule has 0 bridgehead atoms. The molecule has 3 nitrogen and oxygen atoms in total. The second-order valence-corrected chi connectivity index (χ2v) is 5.04. The molecule has 0 saturated heterocycles. The average Bonchev–Trinajstić information content (AvgIpc) is 2.98. The highest BCUT2D eigenvalue weighted by Gasteiger charge is 2.17. The highest BCUT2D eigenvalue weighted by molar-refractivity contribution is 7.07. The second-order valence-electron chi connectivity index (χ2n) is 4.32. The summed E-state index contributed by atoms with van der Waals surface area (Å²) in [6, 6.07) is 10.5. The van der Waals surface area contributed by atoms with Crippen LogP contribution in [0.5, 0.6) is 0 Å². The molecule has 0 aliphatic heterocycles. The number of thiazole rings is 1. The number of benzene rings is 1. The molecule has 19 heavy (non-hydrogen) atoms. The summed E-state index contributed by atoms with van der Waals surface area (Å²) in [6.07, 6.45) is 1.83. The van der Waals surface area contributed by atoms with E-state index >= 15 is 0 Å². The first kappa shape index (κ1) is 12.3. The van der Waals surface area contributed by atoms with Gasteiger partial charge < -0.3 is 5.32 Å². The zero-order valence-electron chi connectivity index (χ0n) is 10.7. The van der Waals surface area contributed by atoms with Gasteiger partial charge in [-0.25, -0.2) is 4.98 Å². The Morgan fingerprint density at radius 1 is 1.21 bits per heavy atom. The van der Waals surface area contributed by atoms with Crippen molar-refractivity contribution in [1.29, 1.82) is 0 Å². The maximum Gasteiger partial charge on any atom is 0.0795 e. The van der Waals surface area contributed by atoms with E-state index < -0.39 is 0 Å². The van der Waals surface area contributed by atoms with Crippen LogP contribution in [0.3, 0.4) is 0 Å². The quantitative estimate of drug-likeness (QED) is 0.789. The molecule has 2 heterocycles. The van der Waals surface area contributed by atoms with Crippen LogP contribution in [-0.4, -0.2) is 16.5 Å².